The molecule has 0 radical (unpaired) electrons. The van der Waals surface area contributed by atoms with E-state index in [2.05, 4.69) is 9.80 Å². The van der Waals surface area contributed by atoms with Gasteiger partial charge in [-0.15, -0.1) is 0 Å². The molecule has 2 aliphatic heterocycles. The molecule has 0 bridgehead atoms. The van der Waals surface area contributed by atoms with Crippen LogP contribution in [0.4, 0.5) is 4.39 Å². The first-order chi connectivity index (χ1) is 10.1. The summed E-state index contributed by atoms with van der Waals surface area (Å²) < 4.78 is 13.5. The molecule has 0 amide bonds. The third-order valence-corrected chi connectivity index (χ3v) is 4.65. The van der Waals surface area contributed by atoms with Gasteiger partial charge in [0.2, 0.25) is 0 Å². The summed E-state index contributed by atoms with van der Waals surface area (Å²) in [5.41, 5.74) is 0.893. The lowest BCUT2D eigenvalue weighted by Gasteiger charge is -2.23. The van der Waals surface area contributed by atoms with Gasteiger partial charge in [0.25, 0.3) is 0 Å². The molecule has 2 aliphatic rings. The number of benzene rings is 1. The van der Waals surface area contributed by atoms with E-state index in [0.29, 0.717) is 6.04 Å². The van der Waals surface area contributed by atoms with Crippen LogP contribution in [-0.2, 0) is 6.54 Å². The number of nitrogens with zero attached hydrogens (tertiary/aromatic N) is 2. The highest BCUT2D eigenvalue weighted by Gasteiger charge is 2.29. The molecule has 1 unspecified atom stereocenters. The Hall–Kier alpha value is -0.945. The van der Waals surface area contributed by atoms with E-state index in [0.717, 1.165) is 25.2 Å². The summed E-state index contributed by atoms with van der Waals surface area (Å²) in [7, 11) is -1.75. The molecule has 2 saturated heterocycles. The minimum Gasteiger partial charge on any atom is -0.423 e. The second kappa shape index (κ2) is 6.44. The van der Waals surface area contributed by atoms with Crippen LogP contribution in [0.3, 0.4) is 0 Å². The molecular weight excluding hydrogens is 270 g/mol. The highest BCUT2D eigenvalue weighted by molar-refractivity contribution is 6.58. The predicted molar refractivity (Wildman–Crippen MR) is 80.7 cm³/mol. The fraction of sp³-hybridized carbons (Fsp3) is 0.600. The van der Waals surface area contributed by atoms with Crippen LogP contribution < -0.4 is 5.46 Å². The fourth-order valence-electron chi connectivity index (χ4n) is 3.51. The average molecular weight is 292 g/mol. The van der Waals surface area contributed by atoms with Crippen molar-refractivity contribution in [2.24, 2.45) is 0 Å². The topological polar surface area (TPSA) is 46.9 Å². The minimum absolute atomic E-state index is 0.0391. The summed E-state index contributed by atoms with van der Waals surface area (Å²) in [4.78, 5) is 4.94. The maximum atomic E-state index is 13.5. The standard InChI is InChI=1S/C15H22BFN2O2/c17-15-4-3-12(9-14(15)16(20)21)10-18-8-5-13(11-18)19-6-1-2-7-19/h3-4,9,13,20-21H,1-2,5-8,10-11H2. The summed E-state index contributed by atoms with van der Waals surface area (Å²) in [6, 6.07) is 5.25. The quantitative estimate of drug-likeness (QED) is 0.777. The zero-order valence-electron chi connectivity index (χ0n) is 12.2. The van der Waals surface area contributed by atoms with E-state index in [1.165, 1.54) is 38.4 Å². The van der Waals surface area contributed by atoms with Gasteiger partial charge >= 0.3 is 7.12 Å². The normalized spacial score (nSPS) is 23.9. The molecule has 114 valence electrons. The highest BCUT2D eigenvalue weighted by atomic mass is 19.1. The molecular formula is C15H22BFN2O2. The van der Waals surface area contributed by atoms with Crippen LogP contribution in [0.2, 0.25) is 0 Å². The van der Waals surface area contributed by atoms with Gasteiger partial charge in [-0.3, -0.25) is 9.80 Å². The third kappa shape index (κ3) is 3.45. The van der Waals surface area contributed by atoms with Crippen LogP contribution in [0.5, 0.6) is 0 Å². The zero-order chi connectivity index (χ0) is 14.8. The van der Waals surface area contributed by atoms with E-state index >= 15 is 0 Å². The van der Waals surface area contributed by atoms with Crippen LogP contribution >= 0.6 is 0 Å². The van der Waals surface area contributed by atoms with Gasteiger partial charge < -0.3 is 10.0 Å². The van der Waals surface area contributed by atoms with E-state index in [-0.39, 0.29) is 5.46 Å². The van der Waals surface area contributed by atoms with Crippen molar-refractivity contribution in [2.75, 3.05) is 26.2 Å². The molecule has 0 spiro atoms. The Labute approximate surface area is 125 Å². The third-order valence-electron chi connectivity index (χ3n) is 4.65. The number of hydrogen-bond acceptors (Lipinski definition) is 4. The Morgan fingerprint density at radius 3 is 2.67 bits per heavy atom. The molecule has 21 heavy (non-hydrogen) atoms. The van der Waals surface area contributed by atoms with Crippen molar-refractivity contribution in [2.45, 2.75) is 31.8 Å². The van der Waals surface area contributed by atoms with Crippen molar-refractivity contribution in [3.05, 3.63) is 29.6 Å². The molecule has 1 aromatic rings. The molecule has 0 aromatic heterocycles. The van der Waals surface area contributed by atoms with Crippen molar-refractivity contribution in [3.8, 4) is 0 Å². The second-order valence-corrected chi connectivity index (χ2v) is 6.15. The first kappa shape index (κ1) is 15.0. The molecule has 2 heterocycles. The Morgan fingerprint density at radius 1 is 1.19 bits per heavy atom. The van der Waals surface area contributed by atoms with Gasteiger partial charge in [0, 0.05) is 31.1 Å². The lowest BCUT2D eigenvalue weighted by molar-refractivity contribution is 0.230. The van der Waals surface area contributed by atoms with Crippen molar-refractivity contribution in [1.29, 1.82) is 0 Å². The smallest absolute Gasteiger partial charge is 0.423 e. The summed E-state index contributed by atoms with van der Waals surface area (Å²) in [6.07, 6.45) is 3.81. The van der Waals surface area contributed by atoms with E-state index in [1.807, 2.05) is 0 Å². The fourth-order valence-corrected chi connectivity index (χ4v) is 3.51. The lowest BCUT2D eigenvalue weighted by atomic mass is 9.79. The van der Waals surface area contributed by atoms with Crippen LogP contribution in [0.1, 0.15) is 24.8 Å². The first-order valence-corrected chi connectivity index (χ1v) is 7.74. The molecule has 2 N–H and O–H groups in total. The predicted octanol–water partition coefficient (Wildman–Crippen LogP) is 0.176. The second-order valence-electron chi connectivity index (χ2n) is 6.15. The Balaban J connectivity index is 1.61. The van der Waals surface area contributed by atoms with Crippen LogP contribution in [-0.4, -0.2) is 59.2 Å². The van der Waals surface area contributed by atoms with E-state index in [4.69, 9.17) is 0 Å². The summed E-state index contributed by atoms with van der Waals surface area (Å²) in [5.74, 6) is -0.565. The van der Waals surface area contributed by atoms with Crippen molar-refractivity contribution in [1.82, 2.24) is 9.80 Å². The number of hydrogen-bond donors (Lipinski definition) is 2. The number of likely N-dealkylation sites (tertiary alicyclic amines) is 2. The van der Waals surface area contributed by atoms with Gasteiger partial charge in [-0.1, -0.05) is 12.1 Å². The SMILES string of the molecule is OB(O)c1cc(CN2CCC(N3CCCC3)C2)ccc1F. The van der Waals surface area contributed by atoms with Crippen LogP contribution in [0, 0.1) is 5.82 Å². The highest BCUT2D eigenvalue weighted by Crippen LogP contribution is 2.21. The molecule has 1 atom stereocenters. The van der Waals surface area contributed by atoms with Crippen LogP contribution in [0.25, 0.3) is 0 Å². The van der Waals surface area contributed by atoms with Crippen molar-refractivity contribution >= 4 is 12.6 Å². The van der Waals surface area contributed by atoms with Gasteiger partial charge in [-0.05, 0) is 44.0 Å². The van der Waals surface area contributed by atoms with E-state index < -0.39 is 12.9 Å². The van der Waals surface area contributed by atoms with Gasteiger partial charge in [0.1, 0.15) is 5.82 Å². The van der Waals surface area contributed by atoms with Crippen molar-refractivity contribution < 1.29 is 14.4 Å². The van der Waals surface area contributed by atoms with E-state index in [9.17, 15) is 14.4 Å². The molecule has 6 heteroatoms. The zero-order valence-corrected chi connectivity index (χ0v) is 12.2. The lowest BCUT2D eigenvalue weighted by Crippen LogP contribution is -2.35. The first-order valence-electron chi connectivity index (χ1n) is 7.74. The molecule has 2 fully saturated rings. The Morgan fingerprint density at radius 2 is 1.95 bits per heavy atom. The molecule has 4 nitrogen and oxygen atoms in total. The van der Waals surface area contributed by atoms with E-state index in [1.54, 1.807) is 12.1 Å². The van der Waals surface area contributed by atoms with Crippen molar-refractivity contribution in [3.63, 3.8) is 0 Å². The maximum absolute atomic E-state index is 13.5. The summed E-state index contributed by atoms with van der Waals surface area (Å²) >= 11 is 0. The van der Waals surface area contributed by atoms with Gasteiger partial charge in [-0.25, -0.2) is 4.39 Å². The molecule has 1 aromatic carbocycles. The maximum Gasteiger partial charge on any atom is 0.491 e. The summed E-state index contributed by atoms with van der Waals surface area (Å²) in [6.45, 7) is 5.28. The van der Waals surface area contributed by atoms with Gasteiger partial charge in [0.15, 0.2) is 0 Å². The average Bonchev–Trinajstić information content (AvgIpc) is 3.11. The summed E-state index contributed by atoms with van der Waals surface area (Å²) in [5, 5.41) is 18.3. The van der Waals surface area contributed by atoms with Gasteiger partial charge in [-0.2, -0.15) is 0 Å². The Bertz CT molecular complexity index is 495. The molecule has 3 rings (SSSR count). The minimum atomic E-state index is -1.75. The van der Waals surface area contributed by atoms with Gasteiger partial charge in [0.05, 0.1) is 0 Å². The largest absolute Gasteiger partial charge is 0.491 e. The molecule has 0 aliphatic carbocycles. The number of rotatable bonds is 4. The number of halogens is 1. The monoisotopic (exact) mass is 292 g/mol. The molecule has 0 saturated carbocycles. The Kier molecular flexibility index (Phi) is 4.59. The van der Waals surface area contributed by atoms with Crippen LogP contribution in [0.15, 0.2) is 18.2 Å².